The summed E-state index contributed by atoms with van der Waals surface area (Å²) in [5.74, 6) is 1.03. The first-order chi connectivity index (χ1) is 15.3. The quantitative estimate of drug-likeness (QED) is 0.580. The number of piperidine rings is 1. The van der Waals surface area contributed by atoms with E-state index in [1.165, 1.54) is 0 Å². The fourth-order valence-corrected chi connectivity index (χ4v) is 5.06. The van der Waals surface area contributed by atoms with Gasteiger partial charge in [0.05, 0.1) is 11.4 Å². The molecule has 2 aromatic rings. The van der Waals surface area contributed by atoms with Gasteiger partial charge in [0.15, 0.2) is 6.10 Å². The van der Waals surface area contributed by atoms with Gasteiger partial charge >= 0.3 is 0 Å². The monoisotopic (exact) mass is 460 g/mol. The van der Waals surface area contributed by atoms with Gasteiger partial charge in [0.25, 0.3) is 5.91 Å². The van der Waals surface area contributed by atoms with Gasteiger partial charge in [-0.25, -0.2) is 8.42 Å². The van der Waals surface area contributed by atoms with E-state index < -0.39 is 16.1 Å². The summed E-state index contributed by atoms with van der Waals surface area (Å²) in [5.41, 5.74) is 2.12. The van der Waals surface area contributed by atoms with E-state index in [-0.39, 0.29) is 17.4 Å². The molecule has 1 amide bonds. The molecule has 32 heavy (non-hydrogen) atoms. The minimum atomic E-state index is -3.45. The maximum absolute atomic E-state index is 12.7. The molecule has 0 saturated carbocycles. The van der Waals surface area contributed by atoms with Crippen LogP contribution in [0.2, 0.25) is 0 Å². The molecule has 0 aromatic heterocycles. The molecule has 174 valence electrons. The van der Waals surface area contributed by atoms with Gasteiger partial charge in [0.1, 0.15) is 18.1 Å². The lowest BCUT2D eigenvalue weighted by molar-refractivity contribution is -0.127. The summed E-state index contributed by atoms with van der Waals surface area (Å²) in [6.07, 6.45) is 2.25. The van der Waals surface area contributed by atoms with Gasteiger partial charge in [-0.3, -0.25) is 4.79 Å². The minimum Gasteiger partial charge on any atom is -0.492 e. The number of aryl methyl sites for hydroxylation is 1. The van der Waals surface area contributed by atoms with Crippen molar-refractivity contribution < 1.29 is 22.7 Å². The van der Waals surface area contributed by atoms with E-state index in [4.69, 9.17) is 9.47 Å². The van der Waals surface area contributed by atoms with Crippen LogP contribution in [0.5, 0.6) is 11.5 Å². The molecule has 2 aromatic carbocycles. The average Bonchev–Trinajstić information content (AvgIpc) is 2.80. The van der Waals surface area contributed by atoms with E-state index in [2.05, 4.69) is 5.32 Å². The smallest absolute Gasteiger partial charge is 0.260 e. The second kappa shape index (κ2) is 10.8. The molecule has 0 aliphatic carbocycles. The van der Waals surface area contributed by atoms with Gasteiger partial charge in [-0.1, -0.05) is 18.6 Å². The fourth-order valence-electron chi connectivity index (χ4n) is 3.54. The number of benzene rings is 2. The first-order valence-electron chi connectivity index (χ1n) is 11.0. The lowest BCUT2D eigenvalue weighted by atomic mass is 10.1. The Labute approximate surface area is 190 Å². The van der Waals surface area contributed by atoms with Crippen LogP contribution in [0.4, 0.5) is 0 Å². The summed E-state index contributed by atoms with van der Waals surface area (Å²) in [5, 5.41) is 2.79. The highest BCUT2D eigenvalue weighted by atomic mass is 32.2. The summed E-state index contributed by atoms with van der Waals surface area (Å²) < 4.78 is 38.4. The molecular weight excluding hydrogens is 428 g/mol. The maximum Gasteiger partial charge on any atom is 0.260 e. The van der Waals surface area contributed by atoms with Crippen LogP contribution in [-0.2, 0) is 14.8 Å². The molecule has 1 aliphatic heterocycles. The molecule has 1 N–H and O–H groups in total. The van der Waals surface area contributed by atoms with E-state index in [1.54, 1.807) is 35.5 Å². The Hall–Kier alpha value is -2.58. The van der Waals surface area contributed by atoms with E-state index in [0.29, 0.717) is 31.1 Å². The Bertz CT molecular complexity index is 1020. The van der Waals surface area contributed by atoms with E-state index in [9.17, 15) is 13.2 Å². The van der Waals surface area contributed by atoms with E-state index >= 15 is 0 Å². The number of hydrogen-bond donors (Lipinski definition) is 1. The number of carbonyl (C=O) groups is 1. The molecule has 0 bridgehead atoms. The van der Waals surface area contributed by atoms with Crippen LogP contribution < -0.4 is 14.8 Å². The van der Waals surface area contributed by atoms with Crippen molar-refractivity contribution in [2.75, 3.05) is 26.2 Å². The summed E-state index contributed by atoms with van der Waals surface area (Å²) in [6, 6.07) is 12.2. The molecule has 0 radical (unpaired) electrons. The number of hydrogen-bond acceptors (Lipinski definition) is 5. The summed E-state index contributed by atoms with van der Waals surface area (Å²) >= 11 is 0. The zero-order valence-corrected chi connectivity index (χ0v) is 19.8. The maximum atomic E-state index is 12.7. The van der Waals surface area contributed by atoms with Crippen molar-refractivity contribution in [3.63, 3.8) is 0 Å². The minimum absolute atomic E-state index is 0.225. The number of rotatable bonds is 9. The molecular formula is C24H32N2O5S. The Morgan fingerprint density at radius 3 is 2.44 bits per heavy atom. The van der Waals surface area contributed by atoms with Crippen LogP contribution in [-0.4, -0.2) is 51.0 Å². The van der Waals surface area contributed by atoms with Crippen LogP contribution in [0.25, 0.3) is 0 Å². The summed E-state index contributed by atoms with van der Waals surface area (Å²) in [4.78, 5) is 12.6. The third-order valence-electron chi connectivity index (χ3n) is 5.67. The van der Waals surface area contributed by atoms with Gasteiger partial charge in [0, 0.05) is 13.1 Å². The molecule has 8 heteroatoms. The molecule has 1 fully saturated rings. The number of ether oxygens (including phenoxy) is 2. The van der Waals surface area contributed by atoms with Crippen LogP contribution in [0.15, 0.2) is 47.4 Å². The van der Waals surface area contributed by atoms with Crippen molar-refractivity contribution in [3.8, 4) is 11.5 Å². The molecule has 3 rings (SSSR count). The van der Waals surface area contributed by atoms with Gasteiger partial charge in [0.2, 0.25) is 10.0 Å². The molecule has 0 spiro atoms. The zero-order valence-electron chi connectivity index (χ0n) is 19.0. The van der Waals surface area contributed by atoms with Crippen molar-refractivity contribution in [1.29, 1.82) is 0 Å². The Balaban J connectivity index is 1.44. The van der Waals surface area contributed by atoms with Crippen molar-refractivity contribution in [2.45, 2.75) is 51.0 Å². The number of carbonyl (C=O) groups excluding carboxylic acids is 1. The summed E-state index contributed by atoms with van der Waals surface area (Å²) in [7, 11) is -3.45. The van der Waals surface area contributed by atoms with Gasteiger partial charge < -0.3 is 14.8 Å². The molecule has 1 saturated heterocycles. The number of nitrogens with zero attached hydrogens (tertiary/aromatic N) is 1. The Morgan fingerprint density at radius 1 is 1.06 bits per heavy atom. The van der Waals surface area contributed by atoms with Crippen molar-refractivity contribution in [3.05, 3.63) is 53.6 Å². The number of sulfonamides is 1. The van der Waals surface area contributed by atoms with Crippen LogP contribution in [0.3, 0.4) is 0 Å². The van der Waals surface area contributed by atoms with Gasteiger partial charge in [-0.05, 0) is 75.1 Å². The Kier molecular flexibility index (Phi) is 8.15. The van der Waals surface area contributed by atoms with Crippen LogP contribution >= 0.6 is 0 Å². The fraction of sp³-hybridized carbons (Fsp3) is 0.458. The Morgan fingerprint density at radius 2 is 1.75 bits per heavy atom. The largest absolute Gasteiger partial charge is 0.492 e. The molecule has 7 nitrogen and oxygen atoms in total. The first-order valence-corrected chi connectivity index (χ1v) is 12.5. The van der Waals surface area contributed by atoms with Gasteiger partial charge in [-0.2, -0.15) is 4.31 Å². The second-order valence-electron chi connectivity index (χ2n) is 8.03. The lowest BCUT2D eigenvalue weighted by Gasteiger charge is -2.25. The van der Waals surface area contributed by atoms with E-state index in [1.807, 2.05) is 32.0 Å². The highest BCUT2D eigenvalue weighted by Crippen LogP contribution is 2.23. The SMILES string of the molecule is Cc1cccc(OC(C)C(=O)NCCOc2ccc(S(=O)(=O)N3CCCCC3)cc2)c1C. The van der Waals surface area contributed by atoms with Crippen LogP contribution in [0, 0.1) is 13.8 Å². The van der Waals surface area contributed by atoms with Gasteiger partial charge in [-0.15, -0.1) is 0 Å². The third kappa shape index (κ3) is 6.01. The van der Waals surface area contributed by atoms with Crippen molar-refractivity contribution in [1.82, 2.24) is 9.62 Å². The standard InChI is InChI=1S/C24H32N2O5S/c1-18-8-7-9-23(19(18)2)31-20(3)24(27)25-14-17-30-21-10-12-22(13-11-21)32(28,29)26-15-5-4-6-16-26/h7-13,20H,4-6,14-17H2,1-3H3,(H,25,27). The molecule has 1 heterocycles. The normalized spacial score (nSPS) is 15.7. The van der Waals surface area contributed by atoms with Crippen LogP contribution in [0.1, 0.15) is 37.3 Å². The number of nitrogens with one attached hydrogen (secondary N) is 1. The number of amides is 1. The van der Waals surface area contributed by atoms with E-state index in [0.717, 1.165) is 30.4 Å². The zero-order chi connectivity index (χ0) is 23.1. The van der Waals surface area contributed by atoms with Crippen molar-refractivity contribution in [2.24, 2.45) is 0 Å². The second-order valence-corrected chi connectivity index (χ2v) is 9.97. The molecule has 1 aliphatic rings. The highest BCUT2D eigenvalue weighted by Gasteiger charge is 2.25. The highest BCUT2D eigenvalue weighted by molar-refractivity contribution is 7.89. The molecule has 1 atom stereocenters. The predicted octanol–water partition coefficient (Wildman–Crippen LogP) is 3.44. The topological polar surface area (TPSA) is 84.9 Å². The molecule has 1 unspecified atom stereocenters. The predicted molar refractivity (Wildman–Crippen MR) is 124 cm³/mol. The third-order valence-corrected chi connectivity index (χ3v) is 7.59. The summed E-state index contributed by atoms with van der Waals surface area (Å²) in [6.45, 7) is 7.40. The average molecular weight is 461 g/mol. The first kappa shape index (κ1) is 24.1. The van der Waals surface area contributed by atoms with Crippen molar-refractivity contribution >= 4 is 15.9 Å². The lowest BCUT2D eigenvalue weighted by Crippen LogP contribution is -2.38.